The van der Waals surface area contributed by atoms with E-state index in [1.54, 1.807) is 4.57 Å². The predicted molar refractivity (Wildman–Crippen MR) is 77.8 cm³/mol. The Morgan fingerprint density at radius 3 is 3.11 bits per heavy atom. The minimum absolute atomic E-state index is 0.0638. The highest BCUT2D eigenvalue weighted by atomic mass is 35.5. The summed E-state index contributed by atoms with van der Waals surface area (Å²) in [6.45, 7) is 5.06. The van der Waals surface area contributed by atoms with E-state index in [9.17, 15) is 4.79 Å². The van der Waals surface area contributed by atoms with E-state index in [1.165, 1.54) is 6.42 Å². The zero-order chi connectivity index (χ0) is 13.4. The van der Waals surface area contributed by atoms with Gasteiger partial charge in [-0.2, -0.15) is 0 Å². The van der Waals surface area contributed by atoms with Crippen LogP contribution in [0.25, 0.3) is 11.0 Å². The number of aromatic nitrogens is 2. The number of likely N-dealkylation sites (N-methyl/N-ethyl adjacent to an activating group) is 1. The zero-order valence-electron chi connectivity index (χ0n) is 11.0. The number of rotatable bonds is 3. The summed E-state index contributed by atoms with van der Waals surface area (Å²) in [7, 11) is 0. The van der Waals surface area contributed by atoms with Crippen molar-refractivity contribution in [1.29, 1.82) is 0 Å². The average molecular weight is 280 g/mol. The van der Waals surface area contributed by atoms with E-state index in [2.05, 4.69) is 16.8 Å². The molecule has 4 nitrogen and oxygen atoms in total. The second-order valence-corrected chi connectivity index (χ2v) is 5.51. The standard InChI is InChI=1S/C14H18ClN3O/c1-2-17-8-4-5-10(17)9-18-13-11(15)6-3-7-12(13)16-14(18)19/h3,6-7,10H,2,4-5,8-9H2,1H3,(H,16,19). The topological polar surface area (TPSA) is 41.0 Å². The molecular formula is C14H18ClN3O. The highest BCUT2D eigenvalue weighted by Crippen LogP contribution is 2.23. The number of H-pyrrole nitrogens is 1. The van der Waals surface area contributed by atoms with E-state index in [4.69, 9.17) is 11.6 Å². The molecule has 3 rings (SSSR count). The molecule has 0 amide bonds. The Bertz CT molecular complexity index is 646. The number of halogens is 1. The second kappa shape index (κ2) is 5.02. The number of para-hydroxylation sites is 1. The van der Waals surface area contributed by atoms with Crippen LogP contribution < -0.4 is 5.69 Å². The van der Waals surface area contributed by atoms with Gasteiger partial charge in [0.15, 0.2) is 0 Å². The van der Waals surface area contributed by atoms with Crippen molar-refractivity contribution in [3.63, 3.8) is 0 Å². The summed E-state index contributed by atoms with van der Waals surface area (Å²) in [4.78, 5) is 17.4. The fourth-order valence-electron chi connectivity index (χ4n) is 3.08. The van der Waals surface area contributed by atoms with Crippen molar-refractivity contribution in [2.24, 2.45) is 0 Å². The van der Waals surface area contributed by atoms with Gasteiger partial charge in [0.05, 0.1) is 16.1 Å². The Morgan fingerprint density at radius 2 is 2.32 bits per heavy atom. The fourth-order valence-corrected chi connectivity index (χ4v) is 3.35. The van der Waals surface area contributed by atoms with E-state index in [0.29, 0.717) is 11.1 Å². The molecule has 1 N–H and O–H groups in total. The van der Waals surface area contributed by atoms with Gasteiger partial charge in [-0.3, -0.25) is 9.47 Å². The van der Waals surface area contributed by atoms with Crippen molar-refractivity contribution in [3.05, 3.63) is 33.7 Å². The van der Waals surface area contributed by atoms with E-state index in [0.717, 1.165) is 37.1 Å². The lowest BCUT2D eigenvalue weighted by molar-refractivity contribution is 0.244. The number of nitrogens with one attached hydrogen (secondary N) is 1. The summed E-state index contributed by atoms with van der Waals surface area (Å²) in [5, 5.41) is 0.636. The van der Waals surface area contributed by atoms with E-state index >= 15 is 0 Å². The molecule has 1 saturated heterocycles. The van der Waals surface area contributed by atoms with Gasteiger partial charge in [0.2, 0.25) is 0 Å². The van der Waals surface area contributed by atoms with Crippen LogP contribution in [0.15, 0.2) is 23.0 Å². The molecule has 0 saturated carbocycles. The third kappa shape index (κ3) is 2.19. The van der Waals surface area contributed by atoms with Crippen molar-refractivity contribution >= 4 is 22.6 Å². The van der Waals surface area contributed by atoms with Crippen LogP contribution in [0.4, 0.5) is 0 Å². The third-order valence-corrected chi connectivity index (χ3v) is 4.35. The van der Waals surface area contributed by atoms with Crippen LogP contribution in [0.2, 0.25) is 5.02 Å². The zero-order valence-corrected chi connectivity index (χ0v) is 11.8. The molecule has 1 aliphatic heterocycles. The monoisotopic (exact) mass is 279 g/mol. The molecule has 0 aliphatic carbocycles. The third-order valence-electron chi connectivity index (χ3n) is 4.04. The number of nitrogens with zero attached hydrogens (tertiary/aromatic N) is 2. The Hall–Kier alpha value is -1.26. The maximum atomic E-state index is 12.1. The largest absolute Gasteiger partial charge is 0.326 e. The van der Waals surface area contributed by atoms with Crippen molar-refractivity contribution in [1.82, 2.24) is 14.5 Å². The molecule has 0 radical (unpaired) electrons. The average Bonchev–Trinajstić information content (AvgIpc) is 2.96. The highest BCUT2D eigenvalue weighted by molar-refractivity contribution is 6.34. The van der Waals surface area contributed by atoms with Crippen molar-refractivity contribution in [2.45, 2.75) is 32.4 Å². The molecule has 1 aromatic heterocycles. The van der Waals surface area contributed by atoms with Crippen LogP contribution in [0, 0.1) is 0 Å². The molecule has 1 atom stereocenters. The first kappa shape index (κ1) is 12.8. The van der Waals surface area contributed by atoms with Crippen LogP contribution in [-0.2, 0) is 6.54 Å². The van der Waals surface area contributed by atoms with Gasteiger partial charge in [-0.1, -0.05) is 24.6 Å². The molecule has 2 aromatic rings. The van der Waals surface area contributed by atoms with Crippen LogP contribution in [-0.4, -0.2) is 33.6 Å². The summed E-state index contributed by atoms with van der Waals surface area (Å²) in [6.07, 6.45) is 2.36. The van der Waals surface area contributed by atoms with Gasteiger partial charge in [0.1, 0.15) is 0 Å². The van der Waals surface area contributed by atoms with E-state index in [1.807, 2.05) is 18.2 Å². The maximum Gasteiger partial charge on any atom is 0.326 e. The first-order chi connectivity index (χ1) is 9.20. The number of fused-ring (bicyclic) bond motifs is 1. The molecule has 1 aliphatic rings. The first-order valence-corrected chi connectivity index (χ1v) is 7.19. The Kier molecular flexibility index (Phi) is 3.37. The minimum atomic E-state index is -0.0638. The van der Waals surface area contributed by atoms with Crippen LogP contribution in [0.3, 0.4) is 0 Å². The number of benzene rings is 1. The number of hydrogen-bond donors (Lipinski definition) is 1. The van der Waals surface area contributed by atoms with Gasteiger partial charge < -0.3 is 4.98 Å². The van der Waals surface area contributed by atoms with Gasteiger partial charge in [0.25, 0.3) is 0 Å². The second-order valence-electron chi connectivity index (χ2n) is 5.10. The smallest absolute Gasteiger partial charge is 0.305 e. The summed E-state index contributed by atoms with van der Waals surface area (Å²) in [5.41, 5.74) is 1.58. The summed E-state index contributed by atoms with van der Waals surface area (Å²) in [6, 6.07) is 6.03. The van der Waals surface area contributed by atoms with Crippen LogP contribution >= 0.6 is 11.6 Å². The summed E-state index contributed by atoms with van der Waals surface area (Å²) in [5.74, 6) is 0. The summed E-state index contributed by atoms with van der Waals surface area (Å²) >= 11 is 6.24. The van der Waals surface area contributed by atoms with Crippen LogP contribution in [0.5, 0.6) is 0 Å². The lowest BCUT2D eigenvalue weighted by Crippen LogP contribution is -2.35. The summed E-state index contributed by atoms with van der Waals surface area (Å²) < 4.78 is 1.79. The normalized spacial score (nSPS) is 20.4. The van der Waals surface area contributed by atoms with E-state index < -0.39 is 0 Å². The first-order valence-electron chi connectivity index (χ1n) is 6.81. The van der Waals surface area contributed by atoms with Gasteiger partial charge in [0, 0.05) is 12.6 Å². The molecular weight excluding hydrogens is 262 g/mol. The Labute approximate surface area is 117 Å². The Morgan fingerprint density at radius 1 is 1.47 bits per heavy atom. The maximum absolute atomic E-state index is 12.1. The lowest BCUT2D eigenvalue weighted by atomic mass is 10.2. The van der Waals surface area contributed by atoms with Crippen molar-refractivity contribution < 1.29 is 0 Å². The fraction of sp³-hybridized carbons (Fsp3) is 0.500. The number of imidazole rings is 1. The van der Waals surface area contributed by atoms with Gasteiger partial charge in [-0.25, -0.2) is 4.79 Å². The quantitative estimate of drug-likeness (QED) is 0.938. The van der Waals surface area contributed by atoms with Crippen molar-refractivity contribution in [3.8, 4) is 0 Å². The SMILES string of the molecule is CCN1CCCC1Cn1c(=O)[nH]c2cccc(Cl)c21. The van der Waals surface area contributed by atoms with Gasteiger partial charge >= 0.3 is 5.69 Å². The molecule has 1 aromatic carbocycles. The number of aromatic amines is 1. The molecule has 1 fully saturated rings. The van der Waals surface area contributed by atoms with Gasteiger partial charge in [-0.15, -0.1) is 0 Å². The van der Waals surface area contributed by atoms with Gasteiger partial charge in [-0.05, 0) is 38.1 Å². The molecule has 19 heavy (non-hydrogen) atoms. The molecule has 1 unspecified atom stereocenters. The molecule has 0 spiro atoms. The predicted octanol–water partition coefficient (Wildman–Crippen LogP) is 2.47. The number of likely N-dealkylation sites (tertiary alicyclic amines) is 1. The molecule has 0 bridgehead atoms. The molecule has 2 heterocycles. The lowest BCUT2D eigenvalue weighted by Gasteiger charge is -2.23. The van der Waals surface area contributed by atoms with E-state index in [-0.39, 0.29) is 5.69 Å². The Balaban J connectivity index is 2.01. The molecule has 102 valence electrons. The number of hydrogen-bond acceptors (Lipinski definition) is 2. The molecule has 5 heteroatoms. The minimum Gasteiger partial charge on any atom is -0.305 e. The highest BCUT2D eigenvalue weighted by Gasteiger charge is 2.24. The van der Waals surface area contributed by atoms with Crippen molar-refractivity contribution in [2.75, 3.05) is 13.1 Å². The van der Waals surface area contributed by atoms with Crippen LogP contribution in [0.1, 0.15) is 19.8 Å².